The summed E-state index contributed by atoms with van der Waals surface area (Å²) in [5.41, 5.74) is 2.18. The van der Waals surface area contributed by atoms with E-state index < -0.39 is 70.2 Å². The van der Waals surface area contributed by atoms with Gasteiger partial charge in [-0.15, -0.1) is 0 Å². The van der Waals surface area contributed by atoms with Crippen molar-refractivity contribution in [2.75, 3.05) is 17.8 Å². The van der Waals surface area contributed by atoms with Gasteiger partial charge < -0.3 is 39.9 Å². The number of aliphatic hydroxyl groups is 5. The number of carbonyl (C=O) groups excluding carboxylic acids is 1. The van der Waals surface area contributed by atoms with Crippen LogP contribution >= 0.6 is 0 Å². The molecule has 0 bridgehead atoms. The summed E-state index contributed by atoms with van der Waals surface area (Å²) < 4.78 is 50.3. The number of β-lactam (4-membered cyclic amide) rings is 1. The number of amides is 1. The third-order valence-electron chi connectivity index (χ3n) is 10.6. The Morgan fingerprint density at radius 2 is 1.60 bits per heavy atom. The van der Waals surface area contributed by atoms with Crippen molar-refractivity contribution in [2.45, 2.75) is 91.9 Å². The van der Waals surface area contributed by atoms with Crippen molar-refractivity contribution in [1.29, 1.82) is 0 Å². The number of rotatable bonds is 11. The number of sulfone groups is 1. The normalized spacial score (nSPS) is 32.4. The number of benzene rings is 3. The number of hydrogen-bond acceptors (Lipinski definition) is 10. The highest BCUT2D eigenvalue weighted by Crippen LogP contribution is 2.47. The summed E-state index contributed by atoms with van der Waals surface area (Å²) >= 11 is 0. The quantitative estimate of drug-likeness (QED) is 0.186. The Balaban J connectivity index is 1.12. The Morgan fingerprint density at radius 1 is 0.920 bits per heavy atom. The van der Waals surface area contributed by atoms with Gasteiger partial charge in [-0.25, -0.2) is 12.8 Å². The summed E-state index contributed by atoms with van der Waals surface area (Å²) in [6.07, 6.45) is -6.57. The average Bonchev–Trinajstić information content (AvgIpc) is 3.11. The van der Waals surface area contributed by atoms with Crippen LogP contribution in [0.5, 0.6) is 0 Å². The van der Waals surface area contributed by atoms with E-state index >= 15 is 0 Å². The molecule has 1 aliphatic carbocycles. The molecule has 3 aromatic rings. The van der Waals surface area contributed by atoms with Crippen LogP contribution in [0.4, 0.5) is 10.1 Å². The number of aliphatic hydroxyl groups excluding tert-OH is 5. The van der Waals surface area contributed by atoms with Gasteiger partial charge in [-0.1, -0.05) is 42.5 Å². The lowest BCUT2D eigenvalue weighted by molar-refractivity contribution is -0.285. The molecule has 3 aliphatic rings. The summed E-state index contributed by atoms with van der Waals surface area (Å²) in [7, 11) is -2.73. The van der Waals surface area contributed by atoms with Crippen LogP contribution in [0.3, 0.4) is 0 Å². The van der Waals surface area contributed by atoms with E-state index in [1.54, 1.807) is 17.0 Å². The number of anilines is 1. The molecule has 1 amide bonds. The molecule has 0 aromatic heterocycles. The van der Waals surface area contributed by atoms with E-state index in [1.807, 2.05) is 30.3 Å². The predicted octanol–water partition coefficient (Wildman–Crippen LogP) is 2.84. The van der Waals surface area contributed by atoms with E-state index in [9.17, 15) is 43.1 Å². The molecule has 2 saturated heterocycles. The third kappa shape index (κ3) is 7.37. The van der Waals surface area contributed by atoms with Gasteiger partial charge in [0.2, 0.25) is 5.91 Å². The Labute approximate surface area is 290 Å². The Morgan fingerprint density at radius 3 is 2.24 bits per heavy atom. The SMILES string of the molecule is COC1OC(CS(=O)(=O)c2ccc(C3CCC(C4C(CCC(O)c5ccc(F)cc5)C(=O)N4c4ccccc4)[C@H](O)C3)cc2)C(O)C(O)C1O. The molecule has 5 N–H and O–H groups in total. The molecule has 2 heterocycles. The number of para-hydroxylation sites is 1. The third-order valence-corrected chi connectivity index (χ3v) is 12.4. The van der Waals surface area contributed by atoms with E-state index in [2.05, 4.69) is 0 Å². The fraction of sp³-hybridized carbons (Fsp3) is 0.486. The second-order valence-electron chi connectivity index (χ2n) is 13.6. The summed E-state index contributed by atoms with van der Waals surface area (Å²) in [5, 5.41) is 52.8. The van der Waals surface area contributed by atoms with Gasteiger partial charge in [0.05, 0.1) is 34.8 Å². The second kappa shape index (κ2) is 15.1. The standard InChI is InChI=1S/C37H44FNO10S/c1-48-37-35(44)34(43)33(42)31(49-37)20-50(46,47)26-14-9-21(10-15-26)23-11-16-27(30(41)19-23)32-28(36(45)39(32)25-5-3-2-4-6-25)17-18-29(40)22-7-12-24(38)13-8-22/h2-10,12-15,23,27-35,37,40-44H,11,16-20H2,1H3/t23?,27?,28?,29?,30-,31?,32?,33?,34?,35?,37?/m1/s1. The molecule has 2 aliphatic heterocycles. The lowest BCUT2D eigenvalue weighted by Crippen LogP contribution is -2.66. The van der Waals surface area contributed by atoms with Gasteiger partial charge in [0.15, 0.2) is 16.1 Å². The van der Waals surface area contributed by atoms with Crippen molar-refractivity contribution in [3.63, 3.8) is 0 Å². The zero-order chi connectivity index (χ0) is 35.7. The van der Waals surface area contributed by atoms with E-state index in [0.717, 1.165) is 11.3 Å². The maximum Gasteiger partial charge on any atom is 0.232 e. The molecular weight excluding hydrogens is 669 g/mol. The first-order valence-corrected chi connectivity index (χ1v) is 18.6. The fourth-order valence-corrected chi connectivity index (χ4v) is 9.26. The molecular formula is C37H44FNO10S. The zero-order valence-corrected chi connectivity index (χ0v) is 28.4. The van der Waals surface area contributed by atoms with Gasteiger partial charge in [0.1, 0.15) is 30.2 Å². The highest BCUT2D eigenvalue weighted by atomic mass is 32.2. The lowest BCUT2D eigenvalue weighted by Gasteiger charge is -2.53. The van der Waals surface area contributed by atoms with Crippen LogP contribution < -0.4 is 4.90 Å². The monoisotopic (exact) mass is 713 g/mol. The molecule has 50 heavy (non-hydrogen) atoms. The number of ether oxygens (including phenoxy) is 2. The van der Waals surface area contributed by atoms with Crippen LogP contribution in [0.1, 0.15) is 55.3 Å². The second-order valence-corrected chi connectivity index (χ2v) is 15.7. The maximum absolute atomic E-state index is 13.5. The van der Waals surface area contributed by atoms with Crippen LogP contribution in [-0.4, -0.2) is 95.6 Å². The summed E-state index contributed by atoms with van der Waals surface area (Å²) in [6.45, 7) is 0. The molecule has 13 heteroatoms. The number of methoxy groups -OCH3 is 1. The van der Waals surface area contributed by atoms with Crippen molar-refractivity contribution < 1.29 is 52.6 Å². The molecule has 1 saturated carbocycles. The molecule has 11 atom stereocenters. The predicted molar refractivity (Wildman–Crippen MR) is 180 cm³/mol. The smallest absolute Gasteiger partial charge is 0.232 e. The first-order valence-electron chi connectivity index (χ1n) is 16.9. The molecule has 0 spiro atoms. The fourth-order valence-electron chi connectivity index (χ4n) is 7.81. The van der Waals surface area contributed by atoms with Gasteiger partial charge >= 0.3 is 0 Å². The Bertz CT molecular complexity index is 1710. The molecule has 270 valence electrons. The van der Waals surface area contributed by atoms with Gasteiger partial charge in [-0.05, 0) is 85.5 Å². The van der Waals surface area contributed by atoms with Gasteiger partial charge in [0, 0.05) is 18.7 Å². The zero-order valence-electron chi connectivity index (χ0n) is 27.6. The van der Waals surface area contributed by atoms with E-state index in [0.29, 0.717) is 37.7 Å². The number of hydrogen-bond donors (Lipinski definition) is 5. The van der Waals surface area contributed by atoms with Crippen LogP contribution in [0.15, 0.2) is 83.8 Å². The number of carbonyl (C=O) groups is 1. The van der Waals surface area contributed by atoms with E-state index in [4.69, 9.17) is 9.47 Å². The minimum absolute atomic E-state index is 0.00184. The van der Waals surface area contributed by atoms with Gasteiger partial charge in [-0.2, -0.15) is 0 Å². The average molecular weight is 714 g/mol. The number of nitrogens with zero attached hydrogens (tertiary/aromatic N) is 1. The largest absolute Gasteiger partial charge is 0.393 e. The Kier molecular flexibility index (Phi) is 11.1. The molecule has 10 unspecified atom stereocenters. The van der Waals surface area contributed by atoms with Crippen molar-refractivity contribution in [3.8, 4) is 0 Å². The summed E-state index contributed by atoms with van der Waals surface area (Å²) in [5.74, 6) is -1.77. The van der Waals surface area contributed by atoms with Crippen LogP contribution in [-0.2, 0) is 24.1 Å². The molecule has 0 radical (unpaired) electrons. The minimum Gasteiger partial charge on any atom is -0.393 e. The van der Waals surface area contributed by atoms with Crippen molar-refractivity contribution in [3.05, 3.63) is 95.8 Å². The first-order chi connectivity index (χ1) is 23.9. The Hall–Kier alpha value is -3.27. The topological polar surface area (TPSA) is 174 Å². The van der Waals surface area contributed by atoms with Gasteiger partial charge in [0.25, 0.3) is 0 Å². The summed E-state index contributed by atoms with van der Waals surface area (Å²) in [4.78, 5) is 15.3. The summed E-state index contributed by atoms with van der Waals surface area (Å²) in [6, 6.07) is 21.1. The van der Waals surface area contributed by atoms with Crippen LogP contribution in [0.2, 0.25) is 0 Å². The van der Waals surface area contributed by atoms with Crippen molar-refractivity contribution >= 4 is 21.4 Å². The minimum atomic E-state index is -3.97. The molecule has 6 rings (SSSR count). The van der Waals surface area contributed by atoms with Gasteiger partial charge in [-0.3, -0.25) is 4.79 Å². The molecule has 3 fully saturated rings. The number of halogens is 1. The van der Waals surface area contributed by atoms with Crippen molar-refractivity contribution in [1.82, 2.24) is 0 Å². The van der Waals surface area contributed by atoms with Crippen LogP contribution in [0, 0.1) is 17.7 Å². The van der Waals surface area contributed by atoms with Crippen molar-refractivity contribution in [2.24, 2.45) is 11.8 Å². The lowest BCUT2D eigenvalue weighted by atomic mass is 9.66. The highest BCUT2D eigenvalue weighted by Gasteiger charge is 2.53. The van der Waals surface area contributed by atoms with E-state index in [1.165, 1.54) is 43.5 Å². The van der Waals surface area contributed by atoms with Crippen LogP contribution in [0.25, 0.3) is 0 Å². The highest BCUT2D eigenvalue weighted by molar-refractivity contribution is 7.91. The molecule has 11 nitrogen and oxygen atoms in total. The first kappa shape index (κ1) is 36.5. The maximum atomic E-state index is 13.5. The molecule has 3 aromatic carbocycles. The van der Waals surface area contributed by atoms with E-state index in [-0.39, 0.29) is 28.7 Å².